The molecular formula is C21H21N3O3. The van der Waals surface area contributed by atoms with Gasteiger partial charge in [0.15, 0.2) is 11.5 Å². The van der Waals surface area contributed by atoms with E-state index >= 15 is 0 Å². The maximum Gasteiger partial charge on any atom is 0.267 e. The molecule has 1 N–H and O–H groups in total. The molecular weight excluding hydrogens is 342 g/mol. The van der Waals surface area contributed by atoms with E-state index in [1.807, 2.05) is 42.5 Å². The molecule has 0 spiro atoms. The molecule has 0 saturated heterocycles. The van der Waals surface area contributed by atoms with Crippen LogP contribution in [-0.2, 0) is 17.8 Å². The Balaban J connectivity index is 1.48. The van der Waals surface area contributed by atoms with Crippen LogP contribution in [0.5, 0.6) is 11.5 Å². The van der Waals surface area contributed by atoms with Crippen LogP contribution in [0.1, 0.15) is 11.4 Å². The van der Waals surface area contributed by atoms with Gasteiger partial charge in [-0.15, -0.1) is 0 Å². The molecule has 0 radical (unpaired) electrons. The minimum atomic E-state index is -0.661. The normalized spacial score (nSPS) is 15.3. The average molecular weight is 363 g/mol. The molecule has 0 saturated carbocycles. The lowest BCUT2D eigenvalue weighted by molar-refractivity contribution is -0.142. The number of aromatic nitrogens is 2. The first-order chi connectivity index (χ1) is 13.3. The summed E-state index contributed by atoms with van der Waals surface area (Å²) in [6.07, 6.45) is 3.54. The Morgan fingerprint density at radius 2 is 1.89 bits per heavy atom. The number of carbonyl (C=O) groups is 1. The molecule has 1 aliphatic rings. The van der Waals surface area contributed by atoms with Crippen molar-refractivity contribution in [1.29, 1.82) is 0 Å². The smallest absolute Gasteiger partial charge is 0.267 e. The first kappa shape index (κ1) is 17.1. The van der Waals surface area contributed by atoms with Gasteiger partial charge in [0.2, 0.25) is 6.10 Å². The summed E-state index contributed by atoms with van der Waals surface area (Å²) in [6.45, 7) is 1.18. The molecule has 1 atom stereocenters. The fourth-order valence-corrected chi connectivity index (χ4v) is 3.09. The lowest BCUT2D eigenvalue weighted by Gasteiger charge is -2.30. The number of hydrogen-bond donors (Lipinski definition) is 1. The van der Waals surface area contributed by atoms with Crippen molar-refractivity contribution in [3.8, 4) is 11.5 Å². The topological polar surface area (TPSA) is 67.5 Å². The molecule has 1 amide bonds. The van der Waals surface area contributed by atoms with E-state index in [0.29, 0.717) is 24.6 Å². The molecule has 6 heteroatoms. The summed E-state index contributed by atoms with van der Waals surface area (Å²) in [5, 5.41) is 0. The van der Waals surface area contributed by atoms with Crippen molar-refractivity contribution < 1.29 is 14.3 Å². The van der Waals surface area contributed by atoms with E-state index in [4.69, 9.17) is 9.47 Å². The maximum atomic E-state index is 13.1. The Kier molecular flexibility index (Phi) is 5.05. The first-order valence-electron chi connectivity index (χ1n) is 8.99. The number of nitrogens with one attached hydrogen (secondary N) is 1. The van der Waals surface area contributed by atoms with Crippen LogP contribution in [0.4, 0.5) is 0 Å². The average Bonchev–Trinajstić information content (AvgIpc) is 3.24. The summed E-state index contributed by atoms with van der Waals surface area (Å²) < 4.78 is 11.6. The van der Waals surface area contributed by atoms with Crippen LogP contribution < -0.4 is 9.47 Å². The molecule has 138 valence electrons. The summed E-state index contributed by atoms with van der Waals surface area (Å²) in [6, 6.07) is 17.5. The predicted molar refractivity (Wildman–Crippen MR) is 101 cm³/mol. The highest BCUT2D eigenvalue weighted by atomic mass is 16.6. The van der Waals surface area contributed by atoms with E-state index in [2.05, 4.69) is 22.1 Å². The zero-order chi connectivity index (χ0) is 18.5. The molecule has 2 heterocycles. The van der Waals surface area contributed by atoms with Crippen LogP contribution in [-0.4, -0.2) is 40.0 Å². The van der Waals surface area contributed by atoms with Crippen LogP contribution in [0.25, 0.3) is 0 Å². The minimum absolute atomic E-state index is 0.100. The number of rotatable bonds is 6. The van der Waals surface area contributed by atoms with E-state index < -0.39 is 6.10 Å². The summed E-state index contributed by atoms with van der Waals surface area (Å²) in [5.41, 5.74) is 1.18. The summed E-state index contributed by atoms with van der Waals surface area (Å²) in [5.74, 6) is 1.91. The van der Waals surface area contributed by atoms with Crippen LogP contribution >= 0.6 is 0 Å². The van der Waals surface area contributed by atoms with Crippen molar-refractivity contribution >= 4 is 5.91 Å². The number of nitrogens with zero attached hydrogens (tertiary/aromatic N) is 2. The quantitative estimate of drug-likeness (QED) is 0.731. The number of hydrogen-bond acceptors (Lipinski definition) is 4. The summed E-state index contributed by atoms with van der Waals surface area (Å²) in [7, 11) is 0. The lowest BCUT2D eigenvalue weighted by Crippen LogP contribution is -2.46. The zero-order valence-corrected chi connectivity index (χ0v) is 14.9. The van der Waals surface area contributed by atoms with Gasteiger partial charge in [0.25, 0.3) is 5.91 Å². The van der Waals surface area contributed by atoms with Crippen molar-refractivity contribution in [2.75, 3.05) is 13.2 Å². The van der Waals surface area contributed by atoms with Gasteiger partial charge in [-0.2, -0.15) is 0 Å². The number of carbonyl (C=O) groups excluding carboxylic acids is 1. The highest BCUT2D eigenvalue weighted by molar-refractivity contribution is 5.82. The monoisotopic (exact) mass is 363 g/mol. The van der Waals surface area contributed by atoms with Crippen LogP contribution in [0.3, 0.4) is 0 Å². The lowest BCUT2D eigenvalue weighted by atomic mass is 10.1. The van der Waals surface area contributed by atoms with Gasteiger partial charge in [-0.1, -0.05) is 42.5 Å². The van der Waals surface area contributed by atoms with E-state index in [0.717, 1.165) is 12.2 Å². The molecule has 4 rings (SSSR count). The standard InChI is InChI=1S/C21H21N3O3/c25-21(19-15-26-17-8-4-5-9-18(17)27-19)24(14-20-22-11-12-23-20)13-10-16-6-2-1-3-7-16/h1-9,11-12,19H,10,13-15H2,(H,22,23)/t19-/m1/s1. The number of para-hydroxylation sites is 2. The number of benzene rings is 2. The number of aromatic amines is 1. The number of amides is 1. The number of imidazole rings is 1. The van der Waals surface area contributed by atoms with Crippen LogP contribution in [0.2, 0.25) is 0 Å². The van der Waals surface area contributed by atoms with Gasteiger partial charge in [0.05, 0.1) is 6.54 Å². The molecule has 0 bridgehead atoms. The summed E-state index contributed by atoms with van der Waals surface area (Å²) in [4.78, 5) is 22.2. The number of fused-ring (bicyclic) bond motifs is 1. The second kappa shape index (κ2) is 7.95. The van der Waals surface area contributed by atoms with Crippen LogP contribution in [0.15, 0.2) is 67.0 Å². The molecule has 6 nitrogen and oxygen atoms in total. The third-order valence-electron chi connectivity index (χ3n) is 4.50. The molecule has 0 aliphatic carbocycles. The largest absolute Gasteiger partial charge is 0.485 e. The molecule has 27 heavy (non-hydrogen) atoms. The molecule has 1 aliphatic heterocycles. The summed E-state index contributed by atoms with van der Waals surface area (Å²) >= 11 is 0. The third-order valence-corrected chi connectivity index (χ3v) is 4.50. The van der Waals surface area contributed by atoms with E-state index in [9.17, 15) is 4.79 Å². The number of H-pyrrole nitrogens is 1. The second-order valence-corrected chi connectivity index (χ2v) is 6.40. The Hall–Kier alpha value is -3.28. The highest BCUT2D eigenvalue weighted by Crippen LogP contribution is 2.31. The number of ether oxygens (including phenoxy) is 2. The van der Waals surface area contributed by atoms with Gasteiger partial charge in [-0.3, -0.25) is 4.79 Å². The Bertz CT molecular complexity index is 881. The molecule has 0 fully saturated rings. The van der Waals surface area contributed by atoms with Gasteiger partial charge in [-0.05, 0) is 24.1 Å². The van der Waals surface area contributed by atoms with Gasteiger partial charge in [0, 0.05) is 18.9 Å². The molecule has 3 aromatic rings. The Morgan fingerprint density at radius 3 is 2.67 bits per heavy atom. The van der Waals surface area contributed by atoms with E-state index in [1.54, 1.807) is 17.3 Å². The highest BCUT2D eigenvalue weighted by Gasteiger charge is 2.31. The van der Waals surface area contributed by atoms with Crippen LogP contribution in [0, 0.1) is 0 Å². The van der Waals surface area contributed by atoms with E-state index in [1.165, 1.54) is 5.56 Å². The van der Waals surface area contributed by atoms with Crippen molar-refractivity contribution in [2.45, 2.75) is 19.1 Å². The molecule has 0 unspecified atom stereocenters. The predicted octanol–water partition coefficient (Wildman–Crippen LogP) is 2.82. The molecule has 1 aromatic heterocycles. The minimum Gasteiger partial charge on any atom is -0.485 e. The van der Waals surface area contributed by atoms with Crippen molar-refractivity contribution in [2.24, 2.45) is 0 Å². The van der Waals surface area contributed by atoms with Gasteiger partial charge in [0.1, 0.15) is 12.4 Å². The van der Waals surface area contributed by atoms with Crippen molar-refractivity contribution in [1.82, 2.24) is 14.9 Å². The SMILES string of the molecule is O=C([C@H]1COc2ccccc2O1)N(CCc1ccccc1)Cc1ncc[nH]1. The fourth-order valence-electron chi connectivity index (χ4n) is 3.09. The van der Waals surface area contributed by atoms with Gasteiger partial charge < -0.3 is 19.4 Å². The Morgan fingerprint density at radius 1 is 1.11 bits per heavy atom. The molecule has 2 aromatic carbocycles. The first-order valence-corrected chi connectivity index (χ1v) is 8.99. The fraction of sp³-hybridized carbons (Fsp3) is 0.238. The maximum absolute atomic E-state index is 13.1. The van der Waals surface area contributed by atoms with Gasteiger partial charge in [-0.25, -0.2) is 4.98 Å². The third kappa shape index (κ3) is 4.11. The van der Waals surface area contributed by atoms with E-state index in [-0.39, 0.29) is 12.5 Å². The van der Waals surface area contributed by atoms with Gasteiger partial charge >= 0.3 is 0 Å². The van der Waals surface area contributed by atoms with Crippen molar-refractivity contribution in [3.05, 3.63) is 78.4 Å². The zero-order valence-electron chi connectivity index (χ0n) is 14.9. The second-order valence-electron chi connectivity index (χ2n) is 6.40. The van der Waals surface area contributed by atoms with Crippen molar-refractivity contribution in [3.63, 3.8) is 0 Å². The Labute approximate surface area is 157 Å².